The number of likely N-dealkylation sites (N-methyl/N-ethyl adjacent to an activating group) is 1. The summed E-state index contributed by atoms with van der Waals surface area (Å²) in [7, 11) is 3.96. The van der Waals surface area contributed by atoms with Crippen LogP contribution in [0.25, 0.3) is 10.9 Å². The first kappa shape index (κ1) is 17.2. The van der Waals surface area contributed by atoms with Gasteiger partial charge < -0.3 is 15.0 Å². The van der Waals surface area contributed by atoms with Crippen molar-refractivity contribution in [2.24, 2.45) is 0 Å². The van der Waals surface area contributed by atoms with Crippen LogP contribution in [0.2, 0.25) is 0 Å². The van der Waals surface area contributed by atoms with E-state index in [1.807, 2.05) is 43.3 Å². The highest BCUT2D eigenvalue weighted by Crippen LogP contribution is 2.22. The van der Waals surface area contributed by atoms with Crippen LogP contribution in [0.1, 0.15) is 30.1 Å². The van der Waals surface area contributed by atoms with Crippen molar-refractivity contribution in [3.05, 3.63) is 35.9 Å². The molecule has 124 valence electrons. The van der Waals surface area contributed by atoms with E-state index in [0.29, 0.717) is 24.6 Å². The van der Waals surface area contributed by atoms with Gasteiger partial charge in [-0.3, -0.25) is 4.79 Å². The molecule has 0 unspecified atom stereocenters. The van der Waals surface area contributed by atoms with Gasteiger partial charge in [-0.2, -0.15) is 0 Å². The molecular weight excluding hydrogens is 290 g/mol. The third kappa shape index (κ3) is 4.93. The molecule has 1 amide bonds. The first-order valence-electron chi connectivity index (χ1n) is 8.07. The highest BCUT2D eigenvalue weighted by atomic mass is 16.5. The molecule has 1 N–H and O–H groups in total. The largest absolute Gasteiger partial charge is 0.478 e. The second-order valence-corrected chi connectivity index (χ2v) is 5.79. The topological polar surface area (TPSA) is 54.5 Å². The summed E-state index contributed by atoms with van der Waals surface area (Å²) in [5, 5.41) is 3.80. The molecule has 2 aromatic rings. The zero-order valence-electron chi connectivity index (χ0n) is 14.1. The number of hydrogen-bond acceptors (Lipinski definition) is 4. The predicted octanol–water partition coefficient (Wildman–Crippen LogP) is 2.71. The van der Waals surface area contributed by atoms with Crippen LogP contribution in [0.5, 0.6) is 5.88 Å². The Hall–Kier alpha value is -2.14. The van der Waals surface area contributed by atoms with Gasteiger partial charge in [0.1, 0.15) is 0 Å². The zero-order valence-corrected chi connectivity index (χ0v) is 14.1. The first-order chi connectivity index (χ1) is 11.1. The van der Waals surface area contributed by atoms with Crippen LogP contribution in [-0.2, 0) is 0 Å². The van der Waals surface area contributed by atoms with Crippen molar-refractivity contribution in [3.63, 3.8) is 0 Å². The molecule has 0 aliphatic carbocycles. The van der Waals surface area contributed by atoms with E-state index in [0.717, 1.165) is 30.3 Å². The highest BCUT2D eigenvalue weighted by Gasteiger charge is 2.13. The van der Waals surface area contributed by atoms with Crippen LogP contribution in [0.4, 0.5) is 0 Å². The smallest absolute Gasteiger partial charge is 0.252 e. The van der Waals surface area contributed by atoms with Crippen LogP contribution in [-0.4, -0.2) is 49.6 Å². The zero-order chi connectivity index (χ0) is 16.7. The van der Waals surface area contributed by atoms with Gasteiger partial charge in [-0.1, -0.05) is 31.5 Å². The molecule has 0 fully saturated rings. The second kappa shape index (κ2) is 8.48. The average molecular weight is 315 g/mol. The maximum absolute atomic E-state index is 12.5. The van der Waals surface area contributed by atoms with Crippen molar-refractivity contribution in [1.82, 2.24) is 15.2 Å². The third-order valence-electron chi connectivity index (χ3n) is 3.53. The predicted molar refractivity (Wildman–Crippen MR) is 93.0 cm³/mol. The molecule has 1 heterocycles. The molecule has 1 aromatic heterocycles. The maximum Gasteiger partial charge on any atom is 0.252 e. The van der Waals surface area contributed by atoms with E-state index in [1.165, 1.54) is 0 Å². The van der Waals surface area contributed by atoms with Crippen LogP contribution in [0, 0.1) is 0 Å². The van der Waals surface area contributed by atoms with Crippen LogP contribution in [0.15, 0.2) is 30.3 Å². The number of nitrogens with zero attached hydrogens (tertiary/aromatic N) is 2. The molecule has 1 aromatic carbocycles. The number of para-hydroxylation sites is 1. The molecule has 0 bridgehead atoms. The van der Waals surface area contributed by atoms with Crippen molar-refractivity contribution in [2.45, 2.75) is 19.8 Å². The second-order valence-electron chi connectivity index (χ2n) is 5.79. The lowest BCUT2D eigenvalue weighted by Crippen LogP contribution is -2.31. The maximum atomic E-state index is 12.5. The molecule has 0 aliphatic heterocycles. The summed E-state index contributed by atoms with van der Waals surface area (Å²) in [6.07, 6.45) is 2.03. The minimum atomic E-state index is -0.0919. The van der Waals surface area contributed by atoms with Crippen molar-refractivity contribution in [2.75, 3.05) is 33.8 Å². The van der Waals surface area contributed by atoms with Crippen LogP contribution < -0.4 is 10.1 Å². The molecule has 5 heteroatoms. The average Bonchev–Trinajstić information content (AvgIpc) is 2.54. The molecule has 23 heavy (non-hydrogen) atoms. The Morgan fingerprint density at radius 1 is 1.30 bits per heavy atom. The van der Waals surface area contributed by atoms with Crippen LogP contribution in [0.3, 0.4) is 0 Å². The van der Waals surface area contributed by atoms with Gasteiger partial charge in [0.05, 0.1) is 17.7 Å². The number of nitrogens with one attached hydrogen (secondary N) is 1. The number of hydrogen-bond donors (Lipinski definition) is 1. The van der Waals surface area contributed by atoms with Gasteiger partial charge in [0, 0.05) is 24.5 Å². The number of benzene rings is 1. The highest BCUT2D eigenvalue weighted by molar-refractivity contribution is 6.06. The Balaban J connectivity index is 2.22. The molecule has 0 spiro atoms. The first-order valence-corrected chi connectivity index (χ1v) is 8.07. The third-order valence-corrected chi connectivity index (χ3v) is 3.53. The number of fused-ring (bicyclic) bond motifs is 1. The molecule has 2 rings (SSSR count). The number of aromatic nitrogens is 1. The summed E-state index contributed by atoms with van der Waals surface area (Å²) in [4.78, 5) is 19.0. The van der Waals surface area contributed by atoms with Gasteiger partial charge in [-0.05, 0) is 26.6 Å². The number of carbonyl (C=O) groups is 1. The van der Waals surface area contributed by atoms with Crippen molar-refractivity contribution >= 4 is 16.8 Å². The van der Waals surface area contributed by atoms with Gasteiger partial charge in [0.15, 0.2) is 0 Å². The minimum absolute atomic E-state index is 0.0919. The number of amides is 1. The summed E-state index contributed by atoms with van der Waals surface area (Å²) in [5.41, 5.74) is 1.39. The Morgan fingerprint density at radius 3 is 2.83 bits per heavy atom. The molecule has 0 radical (unpaired) electrons. The van der Waals surface area contributed by atoms with Crippen molar-refractivity contribution in [1.29, 1.82) is 0 Å². The van der Waals surface area contributed by atoms with E-state index in [4.69, 9.17) is 4.74 Å². The quantitative estimate of drug-likeness (QED) is 0.761. The molecular formula is C18H25N3O2. The van der Waals surface area contributed by atoms with Crippen molar-refractivity contribution in [3.8, 4) is 5.88 Å². The van der Waals surface area contributed by atoms with Gasteiger partial charge in [-0.15, -0.1) is 0 Å². The van der Waals surface area contributed by atoms with Gasteiger partial charge >= 0.3 is 0 Å². The van der Waals surface area contributed by atoms with E-state index in [1.54, 1.807) is 6.07 Å². The standard InChI is InChI=1S/C18H25N3O2/c1-4-5-12-23-17-13-15(18(22)19-10-11-21(2)3)14-8-6-7-9-16(14)20-17/h6-9,13H,4-5,10-12H2,1-3H3,(H,19,22). The lowest BCUT2D eigenvalue weighted by Gasteiger charge is -2.13. The summed E-state index contributed by atoms with van der Waals surface area (Å²) in [5.74, 6) is 0.417. The fourth-order valence-electron chi connectivity index (χ4n) is 2.22. The molecule has 5 nitrogen and oxygen atoms in total. The molecule has 0 aliphatic rings. The summed E-state index contributed by atoms with van der Waals surface area (Å²) in [6.45, 7) is 4.13. The fraction of sp³-hybridized carbons (Fsp3) is 0.444. The molecule has 0 saturated carbocycles. The van der Waals surface area contributed by atoms with E-state index in [9.17, 15) is 4.79 Å². The lowest BCUT2D eigenvalue weighted by atomic mass is 10.1. The van der Waals surface area contributed by atoms with Crippen LogP contribution >= 0.6 is 0 Å². The van der Waals surface area contributed by atoms with E-state index >= 15 is 0 Å². The number of unbranched alkanes of at least 4 members (excludes halogenated alkanes) is 1. The summed E-state index contributed by atoms with van der Waals surface area (Å²) < 4.78 is 5.69. The Labute approximate surface area is 137 Å². The Bertz CT molecular complexity index is 656. The molecule has 0 atom stereocenters. The van der Waals surface area contributed by atoms with E-state index in [-0.39, 0.29) is 5.91 Å². The number of rotatable bonds is 8. The summed E-state index contributed by atoms with van der Waals surface area (Å²) in [6, 6.07) is 9.39. The number of ether oxygens (including phenoxy) is 1. The number of carbonyl (C=O) groups excluding carboxylic acids is 1. The van der Waals surface area contributed by atoms with E-state index in [2.05, 4.69) is 17.2 Å². The van der Waals surface area contributed by atoms with Crippen molar-refractivity contribution < 1.29 is 9.53 Å². The van der Waals surface area contributed by atoms with E-state index < -0.39 is 0 Å². The summed E-state index contributed by atoms with van der Waals surface area (Å²) >= 11 is 0. The van der Waals surface area contributed by atoms with Gasteiger partial charge in [0.25, 0.3) is 5.91 Å². The Kier molecular flexibility index (Phi) is 6.35. The minimum Gasteiger partial charge on any atom is -0.478 e. The monoisotopic (exact) mass is 315 g/mol. The van der Waals surface area contributed by atoms with Gasteiger partial charge in [0.2, 0.25) is 5.88 Å². The SMILES string of the molecule is CCCCOc1cc(C(=O)NCCN(C)C)c2ccccc2n1. The number of pyridine rings is 1. The molecule has 0 saturated heterocycles. The normalized spacial score (nSPS) is 11.0. The fourth-order valence-corrected chi connectivity index (χ4v) is 2.22. The Morgan fingerprint density at radius 2 is 2.09 bits per heavy atom. The van der Waals surface area contributed by atoms with Gasteiger partial charge in [-0.25, -0.2) is 4.98 Å². The lowest BCUT2D eigenvalue weighted by molar-refractivity contribution is 0.0952.